The number of rotatable bonds is 3. The summed E-state index contributed by atoms with van der Waals surface area (Å²) < 4.78 is 44.3. The third-order valence-corrected chi connectivity index (χ3v) is 9.29. The van der Waals surface area contributed by atoms with Crippen LogP contribution < -0.4 is 20.3 Å². The fourth-order valence-electron chi connectivity index (χ4n) is 6.63. The quantitative estimate of drug-likeness (QED) is 0.280. The molecule has 0 radical (unpaired) electrons. The monoisotopic (exact) mass is 640 g/mol. The molecular weight excluding hydrogens is 606 g/mol. The van der Waals surface area contributed by atoms with Gasteiger partial charge in [-0.3, -0.25) is 10.1 Å². The van der Waals surface area contributed by atoms with E-state index in [9.17, 15) is 4.79 Å². The number of amides is 1. The number of carbonyl (C=O) groups excluding carboxylic acids is 1. The van der Waals surface area contributed by atoms with Crippen LogP contribution in [0.1, 0.15) is 44.6 Å². The van der Waals surface area contributed by atoms with Gasteiger partial charge < -0.3 is 25.0 Å². The predicted molar refractivity (Wildman–Crippen MR) is 166 cm³/mol. The molecule has 1 amide bonds. The number of anilines is 1. The van der Waals surface area contributed by atoms with Crippen molar-refractivity contribution in [2.24, 2.45) is 5.92 Å². The number of fused-ring (bicyclic) bond motifs is 7. The minimum atomic E-state index is -1.54. The molecule has 3 aromatic heterocycles. The van der Waals surface area contributed by atoms with Crippen LogP contribution >= 0.6 is 11.6 Å². The maximum atomic E-state index is 16.9. The molecule has 238 valence electrons. The number of aromatic nitrogens is 5. The molecule has 4 aliphatic rings. The van der Waals surface area contributed by atoms with Gasteiger partial charge in [-0.15, -0.1) is 0 Å². The minimum Gasteiger partial charge on any atom is -0.460 e. The summed E-state index contributed by atoms with van der Waals surface area (Å²) in [6.07, 6.45) is 5.72. The highest BCUT2D eigenvalue weighted by molar-refractivity contribution is 6.33. The second-order valence-corrected chi connectivity index (χ2v) is 12.8. The van der Waals surface area contributed by atoms with Crippen molar-refractivity contribution in [1.29, 1.82) is 0 Å². The van der Waals surface area contributed by atoms with Crippen LogP contribution in [0.25, 0.3) is 33.1 Å². The van der Waals surface area contributed by atoms with Gasteiger partial charge in [0.1, 0.15) is 29.3 Å². The Hall–Kier alpha value is -3.84. The van der Waals surface area contributed by atoms with Crippen molar-refractivity contribution in [3.8, 4) is 17.3 Å². The number of nitrogens with one attached hydrogen (secondary N) is 3. The Balaban J connectivity index is 1.38. The highest BCUT2D eigenvalue weighted by Crippen LogP contribution is 2.40. The molecule has 11 nitrogen and oxygen atoms in total. The number of alkyl carbamates (subject to hydrolysis) is 1. The van der Waals surface area contributed by atoms with Crippen molar-refractivity contribution in [3.05, 3.63) is 34.9 Å². The van der Waals surface area contributed by atoms with E-state index in [1.54, 1.807) is 18.5 Å². The number of carbonyl (C=O) groups is 1. The highest BCUT2D eigenvalue weighted by Gasteiger charge is 2.33. The van der Waals surface area contributed by atoms with Gasteiger partial charge in [0.05, 0.1) is 29.7 Å². The maximum Gasteiger partial charge on any atom is 0.407 e. The topological polar surface area (TPSA) is 130 Å². The summed E-state index contributed by atoms with van der Waals surface area (Å²) in [6, 6.07) is 1.42. The van der Waals surface area contributed by atoms with Crippen molar-refractivity contribution in [1.82, 2.24) is 35.8 Å². The molecule has 2 unspecified atom stereocenters. The molecule has 4 aliphatic heterocycles. The van der Waals surface area contributed by atoms with Gasteiger partial charge in [-0.1, -0.05) is 18.5 Å². The lowest BCUT2D eigenvalue weighted by Crippen LogP contribution is -2.38. The Morgan fingerprint density at radius 3 is 2.84 bits per heavy atom. The second kappa shape index (κ2) is 12.2. The zero-order valence-corrected chi connectivity index (χ0v) is 25.7. The van der Waals surface area contributed by atoms with Crippen molar-refractivity contribution in [3.63, 3.8) is 0 Å². The zero-order valence-electron chi connectivity index (χ0n) is 25.0. The summed E-state index contributed by atoms with van der Waals surface area (Å²) in [5.41, 5.74) is 0.257. The SMILES string of the molecule is CC1COC(=O)NC2CCN(C2)c2nc(OCC3(F)CCCNCCC3)nc3c(F)c(ncc23)-c2c(c(Cl)cc3[nH]ncc23)C1. The van der Waals surface area contributed by atoms with E-state index in [0.717, 1.165) is 13.1 Å². The van der Waals surface area contributed by atoms with Crippen LogP contribution in [0.15, 0.2) is 18.5 Å². The van der Waals surface area contributed by atoms with E-state index in [2.05, 4.69) is 35.8 Å². The van der Waals surface area contributed by atoms with Crippen LogP contribution in [0.3, 0.4) is 0 Å². The molecule has 8 rings (SSSR count). The summed E-state index contributed by atoms with van der Waals surface area (Å²) in [5, 5.41) is 14.7. The lowest BCUT2D eigenvalue weighted by molar-refractivity contribution is 0.0551. The second-order valence-electron chi connectivity index (χ2n) is 12.4. The van der Waals surface area contributed by atoms with E-state index in [0.29, 0.717) is 89.9 Å². The van der Waals surface area contributed by atoms with E-state index in [1.807, 2.05) is 11.8 Å². The van der Waals surface area contributed by atoms with Crippen LogP contribution in [0.2, 0.25) is 5.02 Å². The van der Waals surface area contributed by atoms with E-state index < -0.39 is 17.6 Å². The summed E-state index contributed by atoms with van der Waals surface area (Å²) in [7, 11) is 0. The van der Waals surface area contributed by atoms with Gasteiger partial charge in [0.2, 0.25) is 0 Å². The average molecular weight is 641 g/mol. The van der Waals surface area contributed by atoms with Crippen LogP contribution in [0.4, 0.5) is 19.4 Å². The van der Waals surface area contributed by atoms with E-state index in [4.69, 9.17) is 21.1 Å². The van der Waals surface area contributed by atoms with Crippen molar-refractivity contribution < 1.29 is 23.0 Å². The van der Waals surface area contributed by atoms with Gasteiger partial charge in [0.15, 0.2) is 5.82 Å². The number of nitrogens with zero attached hydrogens (tertiary/aromatic N) is 5. The molecular formula is C31H35ClF2N8O3. The smallest absolute Gasteiger partial charge is 0.407 e. The Morgan fingerprint density at radius 1 is 1.20 bits per heavy atom. The first kappa shape index (κ1) is 29.8. The largest absolute Gasteiger partial charge is 0.460 e. The molecule has 2 atom stereocenters. The van der Waals surface area contributed by atoms with Crippen LogP contribution in [-0.2, 0) is 11.2 Å². The van der Waals surface area contributed by atoms with Gasteiger partial charge in [0, 0.05) is 35.3 Å². The highest BCUT2D eigenvalue weighted by atomic mass is 35.5. The number of ether oxygens (including phenoxy) is 2. The zero-order chi connectivity index (χ0) is 31.1. The molecule has 7 heterocycles. The molecule has 14 heteroatoms. The number of H-pyrrole nitrogens is 1. The number of aromatic amines is 1. The summed E-state index contributed by atoms with van der Waals surface area (Å²) >= 11 is 6.79. The lowest BCUT2D eigenvalue weighted by atomic mass is 9.92. The first-order valence-corrected chi connectivity index (χ1v) is 15.9. The minimum absolute atomic E-state index is 0.00769. The van der Waals surface area contributed by atoms with Crippen molar-refractivity contribution in [2.45, 2.75) is 57.2 Å². The van der Waals surface area contributed by atoms with E-state index in [-0.39, 0.29) is 42.4 Å². The fraction of sp³-hybridized carbons (Fsp3) is 0.516. The molecule has 0 aliphatic carbocycles. The summed E-state index contributed by atoms with van der Waals surface area (Å²) in [5.74, 6) is -0.404. The van der Waals surface area contributed by atoms with Gasteiger partial charge in [0.25, 0.3) is 0 Å². The summed E-state index contributed by atoms with van der Waals surface area (Å²) in [6.45, 7) is 4.28. The van der Waals surface area contributed by atoms with E-state index >= 15 is 8.78 Å². The Kier molecular flexibility index (Phi) is 8.07. The molecule has 4 aromatic rings. The number of hydrogen-bond donors (Lipinski definition) is 3. The number of alkyl halides is 1. The van der Waals surface area contributed by atoms with Gasteiger partial charge in [-0.05, 0) is 69.2 Å². The van der Waals surface area contributed by atoms with Crippen molar-refractivity contribution >= 4 is 45.3 Å². The standard InChI is InChI=1S/C31H35ClF2N8O3/c1-17-10-19-22(32)11-23-20(13-37-41-23)24(19)27-25(33)26-21(12-36-27)28(42-9-4-18(14-42)38-30(43)44-15-17)40-29(39-26)45-16-31(34)5-2-7-35-8-3-6-31/h11-13,17-18,35H,2-10,14-16H2,1H3,(H,37,41)(H,38,43). The average Bonchev–Trinajstić information content (AvgIpc) is 3.67. The predicted octanol–water partition coefficient (Wildman–Crippen LogP) is 5.11. The molecule has 2 fully saturated rings. The molecule has 3 N–H and O–H groups in total. The molecule has 1 aromatic carbocycles. The van der Waals surface area contributed by atoms with Crippen LogP contribution in [-0.4, -0.2) is 82.3 Å². The van der Waals surface area contributed by atoms with Gasteiger partial charge in [-0.2, -0.15) is 15.1 Å². The first-order chi connectivity index (χ1) is 21.8. The maximum absolute atomic E-state index is 16.9. The Morgan fingerprint density at radius 2 is 2.02 bits per heavy atom. The Labute approximate surface area is 263 Å². The molecule has 45 heavy (non-hydrogen) atoms. The van der Waals surface area contributed by atoms with Gasteiger partial charge >= 0.3 is 12.1 Å². The van der Waals surface area contributed by atoms with Crippen molar-refractivity contribution in [2.75, 3.05) is 44.3 Å². The Bertz CT molecular complexity index is 1750. The van der Waals surface area contributed by atoms with Crippen LogP contribution in [0, 0.1) is 11.7 Å². The van der Waals surface area contributed by atoms with E-state index in [1.165, 1.54) is 0 Å². The number of benzene rings is 1. The number of pyridine rings is 1. The summed E-state index contributed by atoms with van der Waals surface area (Å²) in [4.78, 5) is 28.5. The number of hydrogen-bond acceptors (Lipinski definition) is 9. The lowest BCUT2D eigenvalue weighted by Gasteiger charge is -2.27. The third kappa shape index (κ3) is 5.95. The third-order valence-electron chi connectivity index (χ3n) is 8.96. The molecule has 2 saturated heterocycles. The fourth-order valence-corrected chi connectivity index (χ4v) is 6.91. The normalized spacial score (nSPS) is 22.2. The van der Waals surface area contributed by atoms with Gasteiger partial charge in [-0.25, -0.2) is 13.6 Å². The molecule has 0 saturated carbocycles. The molecule has 0 spiro atoms. The molecule has 6 bridgehead atoms. The first-order valence-electron chi connectivity index (χ1n) is 15.5. The van der Waals surface area contributed by atoms with Crippen LogP contribution in [0.5, 0.6) is 6.01 Å². The number of halogens is 3.